The molecule has 0 bridgehead atoms. The van der Waals surface area contributed by atoms with E-state index in [0.717, 1.165) is 30.8 Å². The molecule has 0 saturated heterocycles. The molecule has 1 aliphatic carbocycles. The number of thioether (sulfide) groups is 1. The van der Waals surface area contributed by atoms with Crippen LogP contribution in [0.25, 0.3) is 0 Å². The standard InChI is InChI=1S/C15H30N2OS.ClH/c1-3-19-10-7-13(2)17-14(18)11-15(12-16)8-5-4-6-9-15;/h13H,3-12,16H2,1-2H3,(H,17,18);1H. The van der Waals surface area contributed by atoms with Gasteiger partial charge < -0.3 is 11.1 Å². The maximum Gasteiger partial charge on any atom is 0.220 e. The molecule has 5 heteroatoms. The van der Waals surface area contributed by atoms with Crippen LogP contribution in [0.3, 0.4) is 0 Å². The molecule has 0 heterocycles. The van der Waals surface area contributed by atoms with E-state index in [2.05, 4.69) is 19.2 Å². The zero-order chi connectivity index (χ0) is 14.1. The molecule has 1 saturated carbocycles. The smallest absolute Gasteiger partial charge is 0.220 e. The molecule has 0 aromatic rings. The fourth-order valence-corrected chi connectivity index (χ4v) is 3.71. The average Bonchev–Trinajstić information content (AvgIpc) is 2.40. The normalized spacial score (nSPS) is 18.9. The van der Waals surface area contributed by atoms with Gasteiger partial charge >= 0.3 is 0 Å². The van der Waals surface area contributed by atoms with E-state index in [1.54, 1.807) is 0 Å². The van der Waals surface area contributed by atoms with Crippen molar-refractivity contribution in [2.24, 2.45) is 11.1 Å². The van der Waals surface area contributed by atoms with Crippen molar-refractivity contribution in [1.29, 1.82) is 0 Å². The van der Waals surface area contributed by atoms with Gasteiger partial charge in [0.15, 0.2) is 0 Å². The van der Waals surface area contributed by atoms with E-state index < -0.39 is 0 Å². The lowest BCUT2D eigenvalue weighted by atomic mass is 9.71. The van der Waals surface area contributed by atoms with Crippen LogP contribution < -0.4 is 11.1 Å². The van der Waals surface area contributed by atoms with Gasteiger partial charge in [-0.3, -0.25) is 4.79 Å². The van der Waals surface area contributed by atoms with Gasteiger partial charge in [0.05, 0.1) is 0 Å². The highest BCUT2D eigenvalue weighted by molar-refractivity contribution is 7.99. The third kappa shape index (κ3) is 7.19. The second kappa shape index (κ2) is 10.7. The third-order valence-electron chi connectivity index (χ3n) is 4.19. The maximum atomic E-state index is 12.1. The van der Waals surface area contributed by atoms with Crippen molar-refractivity contribution in [3.8, 4) is 0 Å². The first-order valence-electron chi connectivity index (χ1n) is 7.69. The Morgan fingerprint density at radius 2 is 2.00 bits per heavy atom. The largest absolute Gasteiger partial charge is 0.354 e. The van der Waals surface area contributed by atoms with Crippen LogP contribution in [0.5, 0.6) is 0 Å². The molecule has 0 aliphatic heterocycles. The zero-order valence-electron chi connectivity index (χ0n) is 13.0. The van der Waals surface area contributed by atoms with Crippen molar-refractivity contribution in [2.45, 2.75) is 64.8 Å². The first kappa shape index (κ1) is 20.1. The third-order valence-corrected chi connectivity index (χ3v) is 5.12. The summed E-state index contributed by atoms with van der Waals surface area (Å²) in [5.41, 5.74) is 6.02. The summed E-state index contributed by atoms with van der Waals surface area (Å²) in [5, 5.41) is 3.14. The van der Waals surface area contributed by atoms with E-state index in [4.69, 9.17) is 5.73 Å². The minimum absolute atomic E-state index is 0. The summed E-state index contributed by atoms with van der Waals surface area (Å²) in [6, 6.07) is 0.282. The molecule has 1 unspecified atom stereocenters. The van der Waals surface area contributed by atoms with Gasteiger partial charge in [-0.05, 0) is 49.7 Å². The fourth-order valence-electron chi connectivity index (χ4n) is 2.90. The van der Waals surface area contributed by atoms with E-state index in [1.807, 2.05) is 11.8 Å². The number of hydrogen-bond donors (Lipinski definition) is 2. The van der Waals surface area contributed by atoms with Crippen LogP contribution in [-0.4, -0.2) is 30.0 Å². The van der Waals surface area contributed by atoms with E-state index in [9.17, 15) is 4.79 Å². The highest BCUT2D eigenvalue weighted by Gasteiger charge is 2.33. The molecule has 1 rings (SSSR count). The second-order valence-electron chi connectivity index (χ2n) is 5.90. The molecule has 0 aromatic carbocycles. The van der Waals surface area contributed by atoms with E-state index in [0.29, 0.717) is 13.0 Å². The zero-order valence-corrected chi connectivity index (χ0v) is 14.6. The molecule has 3 nitrogen and oxygen atoms in total. The number of rotatable bonds is 8. The minimum Gasteiger partial charge on any atom is -0.354 e. The Morgan fingerprint density at radius 3 is 2.55 bits per heavy atom. The number of hydrogen-bond acceptors (Lipinski definition) is 3. The van der Waals surface area contributed by atoms with Crippen molar-refractivity contribution in [2.75, 3.05) is 18.1 Å². The Morgan fingerprint density at radius 1 is 1.35 bits per heavy atom. The van der Waals surface area contributed by atoms with Crippen LogP contribution >= 0.6 is 24.2 Å². The first-order chi connectivity index (χ1) is 9.12. The molecule has 1 amide bonds. The molecule has 0 spiro atoms. The van der Waals surface area contributed by atoms with Crippen LogP contribution in [-0.2, 0) is 4.79 Å². The number of halogens is 1. The Hall–Kier alpha value is 0.0700. The van der Waals surface area contributed by atoms with E-state index >= 15 is 0 Å². The van der Waals surface area contributed by atoms with Crippen molar-refractivity contribution >= 4 is 30.1 Å². The number of nitrogens with two attached hydrogens (primary N) is 1. The van der Waals surface area contributed by atoms with Gasteiger partial charge in [0.2, 0.25) is 5.91 Å². The second-order valence-corrected chi connectivity index (χ2v) is 7.29. The van der Waals surface area contributed by atoms with Crippen molar-refractivity contribution in [3.05, 3.63) is 0 Å². The van der Waals surface area contributed by atoms with Gasteiger partial charge in [-0.15, -0.1) is 12.4 Å². The molecule has 1 atom stereocenters. The summed E-state index contributed by atoms with van der Waals surface area (Å²) in [7, 11) is 0. The van der Waals surface area contributed by atoms with Crippen LogP contribution in [0.4, 0.5) is 0 Å². The predicted octanol–water partition coefficient (Wildman–Crippen LogP) is 3.36. The lowest BCUT2D eigenvalue weighted by Gasteiger charge is -2.36. The molecule has 3 N–H and O–H groups in total. The van der Waals surface area contributed by atoms with Crippen LogP contribution in [0.2, 0.25) is 0 Å². The molecule has 20 heavy (non-hydrogen) atoms. The molecule has 1 fully saturated rings. The van der Waals surface area contributed by atoms with Gasteiger partial charge in [0, 0.05) is 12.5 Å². The minimum atomic E-state index is 0. The molecule has 0 aromatic heterocycles. The fraction of sp³-hybridized carbons (Fsp3) is 0.933. The summed E-state index contributed by atoms with van der Waals surface area (Å²) in [6.45, 7) is 4.92. The predicted molar refractivity (Wildman–Crippen MR) is 91.7 cm³/mol. The van der Waals surface area contributed by atoms with E-state index in [-0.39, 0.29) is 29.8 Å². The van der Waals surface area contributed by atoms with Crippen molar-refractivity contribution in [1.82, 2.24) is 5.32 Å². The van der Waals surface area contributed by atoms with Crippen LogP contribution in [0, 0.1) is 5.41 Å². The number of carbonyl (C=O) groups is 1. The van der Waals surface area contributed by atoms with Gasteiger partial charge in [-0.25, -0.2) is 0 Å². The topological polar surface area (TPSA) is 55.1 Å². The lowest BCUT2D eigenvalue weighted by Crippen LogP contribution is -2.41. The summed E-state index contributed by atoms with van der Waals surface area (Å²) in [5.74, 6) is 2.47. The number of nitrogens with one attached hydrogen (secondary N) is 1. The molecule has 1 aliphatic rings. The van der Waals surface area contributed by atoms with Gasteiger partial charge in [-0.2, -0.15) is 11.8 Å². The molecule has 120 valence electrons. The molecular formula is C15H31ClN2OS. The SMILES string of the molecule is CCSCCC(C)NC(=O)CC1(CN)CCCCC1.Cl. The maximum absolute atomic E-state index is 12.1. The monoisotopic (exact) mass is 322 g/mol. The average molecular weight is 323 g/mol. The highest BCUT2D eigenvalue weighted by Crippen LogP contribution is 2.38. The highest BCUT2D eigenvalue weighted by atomic mass is 35.5. The molecule has 0 radical (unpaired) electrons. The summed E-state index contributed by atoms with van der Waals surface area (Å²) >= 11 is 1.93. The summed E-state index contributed by atoms with van der Waals surface area (Å²) in [6.07, 6.45) is 7.68. The van der Waals surface area contributed by atoms with Gasteiger partial charge in [0.25, 0.3) is 0 Å². The van der Waals surface area contributed by atoms with Crippen molar-refractivity contribution < 1.29 is 4.79 Å². The van der Waals surface area contributed by atoms with Crippen LogP contribution in [0.15, 0.2) is 0 Å². The molecular weight excluding hydrogens is 292 g/mol. The van der Waals surface area contributed by atoms with E-state index in [1.165, 1.54) is 19.3 Å². The number of carbonyl (C=O) groups excluding carboxylic acids is 1. The summed E-state index contributed by atoms with van der Waals surface area (Å²) < 4.78 is 0. The Labute approximate surface area is 134 Å². The Kier molecular flexibility index (Phi) is 10.8. The van der Waals surface area contributed by atoms with Gasteiger partial charge in [-0.1, -0.05) is 26.2 Å². The van der Waals surface area contributed by atoms with Gasteiger partial charge in [0.1, 0.15) is 0 Å². The van der Waals surface area contributed by atoms with Crippen LogP contribution in [0.1, 0.15) is 58.8 Å². The number of amides is 1. The summed E-state index contributed by atoms with van der Waals surface area (Å²) in [4.78, 5) is 12.1. The quantitative estimate of drug-likeness (QED) is 0.674. The Balaban J connectivity index is 0.00000361. The first-order valence-corrected chi connectivity index (χ1v) is 8.84. The van der Waals surface area contributed by atoms with Crippen molar-refractivity contribution in [3.63, 3.8) is 0 Å². The lowest BCUT2D eigenvalue weighted by molar-refractivity contribution is -0.124. The Bertz CT molecular complexity index is 271.